The fraction of sp³-hybridized carbons (Fsp3) is 0.571. The molecule has 3 atom stereocenters. The van der Waals surface area contributed by atoms with Gasteiger partial charge < -0.3 is 9.72 Å². The third kappa shape index (κ3) is 2.34. The van der Waals surface area contributed by atoms with Gasteiger partial charge in [-0.25, -0.2) is 0 Å². The van der Waals surface area contributed by atoms with Crippen molar-refractivity contribution in [3.05, 3.63) is 35.5 Å². The van der Waals surface area contributed by atoms with Gasteiger partial charge in [0.2, 0.25) is 0 Å². The maximum Gasteiger partial charge on any atom is 0.309 e. The zero-order valence-electron chi connectivity index (χ0n) is 15.5. The number of piperidine rings is 1. The number of carbonyl (C=O) groups is 1. The number of rotatable bonds is 3. The first-order valence-electron chi connectivity index (χ1n) is 9.53. The van der Waals surface area contributed by atoms with Crippen molar-refractivity contribution < 1.29 is 9.53 Å². The summed E-state index contributed by atoms with van der Waals surface area (Å²) in [6.07, 6.45) is 4.30. The van der Waals surface area contributed by atoms with E-state index in [2.05, 4.69) is 48.0 Å². The Labute approximate surface area is 149 Å². The van der Waals surface area contributed by atoms with Gasteiger partial charge in [-0.3, -0.25) is 9.69 Å². The number of carbonyl (C=O) groups excluding carboxylic acids is 1. The van der Waals surface area contributed by atoms with Crippen molar-refractivity contribution in [2.24, 2.45) is 11.3 Å². The van der Waals surface area contributed by atoms with E-state index in [1.165, 1.54) is 29.3 Å². The molecular weight excluding hydrogens is 312 g/mol. The predicted octanol–water partition coefficient (Wildman–Crippen LogP) is 4.07. The average Bonchev–Trinajstić information content (AvgIpc) is 3.04. The van der Waals surface area contributed by atoms with Crippen molar-refractivity contribution in [2.75, 3.05) is 20.2 Å². The van der Waals surface area contributed by atoms with Gasteiger partial charge in [0.05, 0.1) is 19.1 Å². The highest BCUT2D eigenvalue weighted by molar-refractivity contribution is 5.85. The van der Waals surface area contributed by atoms with Crippen molar-refractivity contribution in [2.45, 2.75) is 45.6 Å². The van der Waals surface area contributed by atoms with Crippen LogP contribution in [0.3, 0.4) is 0 Å². The molecule has 0 aliphatic carbocycles. The van der Waals surface area contributed by atoms with E-state index < -0.39 is 0 Å². The number of benzene rings is 1. The summed E-state index contributed by atoms with van der Waals surface area (Å²) in [6.45, 7) is 6.50. The Morgan fingerprint density at radius 1 is 1.40 bits per heavy atom. The highest BCUT2D eigenvalue weighted by Gasteiger charge is 2.52. The molecular formula is C21H28N2O2. The third-order valence-electron chi connectivity index (χ3n) is 6.84. The van der Waals surface area contributed by atoms with Crippen LogP contribution in [-0.4, -0.2) is 36.1 Å². The van der Waals surface area contributed by atoms with Gasteiger partial charge in [0, 0.05) is 28.6 Å². The van der Waals surface area contributed by atoms with E-state index >= 15 is 0 Å². The predicted molar refractivity (Wildman–Crippen MR) is 99.5 cm³/mol. The van der Waals surface area contributed by atoms with Crippen LogP contribution < -0.4 is 0 Å². The van der Waals surface area contributed by atoms with Crippen LogP contribution in [-0.2, 0) is 16.0 Å². The highest BCUT2D eigenvalue weighted by atomic mass is 16.5. The van der Waals surface area contributed by atoms with E-state index in [-0.39, 0.29) is 23.3 Å². The summed E-state index contributed by atoms with van der Waals surface area (Å²) >= 11 is 0. The minimum Gasteiger partial charge on any atom is -0.469 e. The number of methoxy groups -OCH3 is 1. The van der Waals surface area contributed by atoms with Gasteiger partial charge in [-0.1, -0.05) is 32.0 Å². The molecule has 1 saturated heterocycles. The van der Waals surface area contributed by atoms with E-state index in [9.17, 15) is 4.79 Å². The molecule has 4 rings (SSSR count). The molecule has 4 nitrogen and oxygen atoms in total. The van der Waals surface area contributed by atoms with E-state index in [4.69, 9.17) is 4.74 Å². The van der Waals surface area contributed by atoms with Crippen LogP contribution in [0.5, 0.6) is 0 Å². The van der Waals surface area contributed by atoms with Gasteiger partial charge in [-0.15, -0.1) is 0 Å². The Morgan fingerprint density at radius 3 is 2.96 bits per heavy atom. The molecule has 3 unspecified atom stereocenters. The fourth-order valence-electron chi connectivity index (χ4n) is 5.47. The summed E-state index contributed by atoms with van der Waals surface area (Å²) in [6, 6.07) is 8.87. The minimum atomic E-state index is -0.104. The standard InChI is InChI=1S/C21H28N2O2/c1-4-21(14(2)20(24)25-3)11-7-12-23-13-10-16-15-8-5-6-9-17(15)22-18(16)19(21)23/h5-6,8-9,14,19,22H,4,7,10-13H2,1-3H3. The molecule has 2 aromatic rings. The highest BCUT2D eigenvalue weighted by Crippen LogP contribution is 2.55. The fourth-order valence-corrected chi connectivity index (χ4v) is 5.47. The van der Waals surface area contributed by atoms with Crippen molar-refractivity contribution in [1.29, 1.82) is 0 Å². The average molecular weight is 340 g/mol. The first-order chi connectivity index (χ1) is 12.1. The summed E-state index contributed by atoms with van der Waals surface area (Å²) in [5.41, 5.74) is 3.94. The Morgan fingerprint density at radius 2 is 2.20 bits per heavy atom. The molecule has 2 aliphatic heterocycles. The lowest BCUT2D eigenvalue weighted by Gasteiger charge is -2.53. The van der Waals surface area contributed by atoms with Crippen LogP contribution in [0.2, 0.25) is 0 Å². The summed E-state index contributed by atoms with van der Waals surface area (Å²) in [7, 11) is 1.51. The number of hydrogen-bond acceptors (Lipinski definition) is 3. The maximum absolute atomic E-state index is 12.5. The van der Waals surface area contributed by atoms with Crippen LogP contribution in [0.15, 0.2) is 24.3 Å². The molecule has 134 valence electrons. The molecule has 0 amide bonds. The van der Waals surface area contributed by atoms with Gasteiger partial charge in [-0.2, -0.15) is 0 Å². The molecule has 0 spiro atoms. The van der Waals surface area contributed by atoms with E-state index in [0.717, 1.165) is 38.8 Å². The van der Waals surface area contributed by atoms with E-state index in [1.54, 1.807) is 0 Å². The number of nitrogens with one attached hydrogen (secondary N) is 1. The lowest BCUT2D eigenvalue weighted by Crippen LogP contribution is -2.53. The van der Waals surface area contributed by atoms with Gasteiger partial charge in [0.25, 0.3) is 0 Å². The van der Waals surface area contributed by atoms with Gasteiger partial charge >= 0.3 is 5.97 Å². The van der Waals surface area contributed by atoms with E-state index in [0.29, 0.717) is 0 Å². The van der Waals surface area contributed by atoms with Crippen molar-refractivity contribution >= 4 is 16.9 Å². The van der Waals surface area contributed by atoms with Gasteiger partial charge in [0.1, 0.15) is 0 Å². The van der Waals surface area contributed by atoms with Crippen LogP contribution in [0.4, 0.5) is 0 Å². The lowest BCUT2D eigenvalue weighted by molar-refractivity contribution is -0.155. The third-order valence-corrected chi connectivity index (χ3v) is 6.84. The first-order valence-corrected chi connectivity index (χ1v) is 9.53. The first kappa shape index (κ1) is 16.6. The minimum absolute atomic E-state index is 0.0681. The number of fused-ring (bicyclic) bond motifs is 5. The second-order valence-electron chi connectivity index (χ2n) is 7.69. The van der Waals surface area contributed by atoms with Gasteiger partial charge in [0.15, 0.2) is 0 Å². The monoisotopic (exact) mass is 340 g/mol. The molecule has 0 radical (unpaired) electrons. The number of aromatic amines is 1. The molecule has 2 aliphatic rings. The van der Waals surface area contributed by atoms with Gasteiger partial charge in [-0.05, 0) is 43.9 Å². The quantitative estimate of drug-likeness (QED) is 0.857. The SMILES string of the molecule is CCC1(C(C)C(=O)OC)CCCN2CCc3c([nH]c4ccccc34)C21. The topological polar surface area (TPSA) is 45.3 Å². The second kappa shape index (κ2) is 6.17. The summed E-state index contributed by atoms with van der Waals surface area (Å²) in [4.78, 5) is 18.8. The molecule has 1 N–H and O–H groups in total. The number of H-pyrrole nitrogens is 1. The smallest absolute Gasteiger partial charge is 0.309 e. The molecule has 25 heavy (non-hydrogen) atoms. The summed E-state index contributed by atoms with van der Waals surface area (Å²) in [5.74, 6) is -0.181. The number of hydrogen-bond donors (Lipinski definition) is 1. The number of esters is 1. The van der Waals surface area contributed by atoms with Crippen LogP contribution >= 0.6 is 0 Å². The van der Waals surface area contributed by atoms with E-state index in [1.807, 2.05) is 0 Å². The largest absolute Gasteiger partial charge is 0.469 e. The molecule has 0 bridgehead atoms. The molecule has 0 saturated carbocycles. The molecule has 1 aromatic carbocycles. The molecule has 1 aromatic heterocycles. The number of aromatic nitrogens is 1. The zero-order chi connectivity index (χ0) is 17.6. The van der Waals surface area contributed by atoms with Crippen LogP contribution in [0.1, 0.15) is 50.4 Å². The molecule has 3 heterocycles. The number of para-hydroxylation sites is 1. The Balaban J connectivity index is 1.88. The van der Waals surface area contributed by atoms with Crippen LogP contribution in [0, 0.1) is 11.3 Å². The number of ether oxygens (including phenoxy) is 1. The van der Waals surface area contributed by atoms with Crippen molar-refractivity contribution in [1.82, 2.24) is 9.88 Å². The summed E-state index contributed by atoms with van der Waals surface area (Å²) in [5, 5.41) is 1.35. The lowest BCUT2D eigenvalue weighted by atomic mass is 9.61. The number of nitrogens with zero attached hydrogens (tertiary/aromatic N) is 1. The Hall–Kier alpha value is -1.81. The second-order valence-corrected chi connectivity index (χ2v) is 7.69. The Bertz CT molecular complexity index is 796. The molecule has 1 fully saturated rings. The zero-order valence-corrected chi connectivity index (χ0v) is 15.5. The van der Waals surface area contributed by atoms with Crippen molar-refractivity contribution in [3.63, 3.8) is 0 Å². The maximum atomic E-state index is 12.5. The normalized spacial score (nSPS) is 27.6. The molecule has 4 heteroatoms. The van der Waals surface area contributed by atoms with Crippen LogP contribution in [0.25, 0.3) is 10.9 Å². The Kier molecular flexibility index (Phi) is 4.11. The summed E-state index contributed by atoms with van der Waals surface area (Å²) < 4.78 is 5.15. The van der Waals surface area contributed by atoms with Crippen molar-refractivity contribution in [3.8, 4) is 0 Å².